The number of benzene rings is 1. The molecule has 0 saturated heterocycles. The van der Waals surface area contributed by atoms with E-state index in [1.165, 1.54) is 12.1 Å². The van der Waals surface area contributed by atoms with Gasteiger partial charge in [-0.25, -0.2) is 9.50 Å². The SMILES string of the molecule is Cn1cc(-c2cnc3c(-c4csc(C(=O)NC(c5ccccc5)[C@@H](N)C(F)(F)F)c4)cnn3c2)cn1. The highest BCUT2D eigenvalue weighted by molar-refractivity contribution is 7.12. The van der Waals surface area contributed by atoms with Gasteiger partial charge in [0, 0.05) is 42.3 Å². The third kappa shape index (κ3) is 4.60. The van der Waals surface area contributed by atoms with Crippen LogP contribution in [-0.4, -0.2) is 42.5 Å². The first kappa shape index (κ1) is 23.7. The molecule has 5 aromatic rings. The van der Waals surface area contributed by atoms with Gasteiger partial charge in [0.2, 0.25) is 0 Å². The number of aryl methyl sites for hydroxylation is 1. The van der Waals surface area contributed by atoms with Gasteiger partial charge in [0.05, 0.1) is 23.3 Å². The number of hydrogen-bond donors (Lipinski definition) is 2. The predicted octanol–water partition coefficient (Wildman–Crippen LogP) is 4.22. The van der Waals surface area contributed by atoms with Crippen LogP contribution in [-0.2, 0) is 7.05 Å². The van der Waals surface area contributed by atoms with Gasteiger partial charge in [-0.15, -0.1) is 11.3 Å². The average Bonchev–Trinajstić information content (AvgIpc) is 3.61. The second kappa shape index (κ2) is 9.21. The number of carbonyl (C=O) groups excluding carboxylic acids is 1. The maximum absolute atomic E-state index is 13.4. The Morgan fingerprint density at radius 2 is 1.81 bits per heavy atom. The number of hydrogen-bond acceptors (Lipinski definition) is 6. The van der Waals surface area contributed by atoms with Crippen molar-refractivity contribution in [2.45, 2.75) is 18.3 Å². The molecule has 1 amide bonds. The highest BCUT2D eigenvalue weighted by atomic mass is 32.1. The Kier molecular flexibility index (Phi) is 6.06. The molecule has 8 nitrogen and oxygen atoms in total. The van der Waals surface area contributed by atoms with Gasteiger partial charge in [0.15, 0.2) is 5.65 Å². The van der Waals surface area contributed by atoms with Crippen LogP contribution in [0.5, 0.6) is 0 Å². The Balaban J connectivity index is 1.40. The van der Waals surface area contributed by atoms with E-state index >= 15 is 0 Å². The molecule has 0 bridgehead atoms. The van der Waals surface area contributed by atoms with Crippen LogP contribution in [0.2, 0.25) is 0 Å². The van der Waals surface area contributed by atoms with Crippen molar-refractivity contribution >= 4 is 22.9 Å². The Morgan fingerprint density at radius 1 is 1.06 bits per heavy atom. The summed E-state index contributed by atoms with van der Waals surface area (Å²) in [4.78, 5) is 17.7. The van der Waals surface area contributed by atoms with Crippen LogP contribution >= 0.6 is 11.3 Å². The standard InChI is InChI=1S/C24H20F3N7OS/c1-33-11-17(9-30-33)16-8-29-22-18(10-31-34(22)12-16)15-7-19(36-13-15)23(35)32-20(21(28)24(25,26)27)14-5-3-2-4-6-14/h2-13,20-21H,28H2,1H3,(H,32,35)/t20?,21-/m1/s1. The monoisotopic (exact) mass is 511 g/mol. The van der Waals surface area contributed by atoms with Crippen LogP contribution in [0, 0.1) is 0 Å². The number of carbonyl (C=O) groups is 1. The lowest BCUT2D eigenvalue weighted by atomic mass is 9.99. The molecule has 5 rings (SSSR count). The van der Waals surface area contributed by atoms with E-state index in [0.717, 1.165) is 22.5 Å². The number of fused-ring (bicyclic) bond motifs is 1. The number of amides is 1. The summed E-state index contributed by atoms with van der Waals surface area (Å²) in [6.07, 6.45) is 4.07. The lowest BCUT2D eigenvalue weighted by Gasteiger charge is -2.27. The zero-order chi connectivity index (χ0) is 25.4. The molecule has 36 heavy (non-hydrogen) atoms. The predicted molar refractivity (Wildman–Crippen MR) is 129 cm³/mol. The summed E-state index contributed by atoms with van der Waals surface area (Å²) in [5, 5.41) is 12.7. The fourth-order valence-corrected chi connectivity index (χ4v) is 4.65. The van der Waals surface area contributed by atoms with E-state index in [4.69, 9.17) is 5.73 Å². The number of halogens is 3. The summed E-state index contributed by atoms with van der Waals surface area (Å²) in [6, 6.07) is 5.78. The van der Waals surface area contributed by atoms with E-state index in [0.29, 0.717) is 16.8 Å². The van der Waals surface area contributed by atoms with E-state index < -0.39 is 24.2 Å². The van der Waals surface area contributed by atoms with Crippen LogP contribution < -0.4 is 11.1 Å². The second-order valence-corrected chi connectivity index (χ2v) is 9.11. The third-order valence-corrected chi connectivity index (χ3v) is 6.64. The number of aromatic nitrogens is 5. The Labute approximate surface area is 207 Å². The minimum absolute atomic E-state index is 0.242. The van der Waals surface area contributed by atoms with Crippen molar-refractivity contribution in [1.29, 1.82) is 0 Å². The number of alkyl halides is 3. The summed E-state index contributed by atoms with van der Waals surface area (Å²) in [7, 11) is 1.82. The molecular formula is C24H20F3N7OS. The first-order valence-corrected chi connectivity index (χ1v) is 11.7. The first-order chi connectivity index (χ1) is 17.2. The van der Waals surface area contributed by atoms with E-state index in [1.54, 1.807) is 57.4 Å². The number of nitrogens with two attached hydrogens (primary N) is 1. The normalized spacial score (nSPS) is 13.6. The number of nitrogens with zero attached hydrogens (tertiary/aromatic N) is 5. The van der Waals surface area contributed by atoms with Crippen LogP contribution in [0.1, 0.15) is 21.3 Å². The number of nitrogens with one attached hydrogen (secondary N) is 1. The van der Waals surface area contributed by atoms with Crippen LogP contribution in [0.4, 0.5) is 13.2 Å². The third-order valence-electron chi connectivity index (χ3n) is 5.71. The molecule has 0 fully saturated rings. The maximum Gasteiger partial charge on any atom is 0.405 e. The largest absolute Gasteiger partial charge is 0.405 e. The van der Waals surface area contributed by atoms with Gasteiger partial charge < -0.3 is 11.1 Å². The molecule has 12 heteroatoms. The molecule has 1 unspecified atom stereocenters. The van der Waals surface area contributed by atoms with Crippen molar-refractivity contribution in [3.8, 4) is 22.3 Å². The van der Waals surface area contributed by atoms with Gasteiger partial charge in [0.25, 0.3) is 5.91 Å². The quantitative estimate of drug-likeness (QED) is 0.355. The maximum atomic E-state index is 13.4. The Bertz CT molecular complexity index is 1520. The molecule has 0 aliphatic heterocycles. The van der Waals surface area contributed by atoms with Crippen LogP contribution in [0.3, 0.4) is 0 Å². The van der Waals surface area contributed by atoms with Crippen molar-refractivity contribution in [1.82, 2.24) is 29.7 Å². The van der Waals surface area contributed by atoms with Gasteiger partial charge in [-0.2, -0.15) is 23.4 Å². The molecular weight excluding hydrogens is 491 g/mol. The molecule has 0 aliphatic carbocycles. The molecule has 0 radical (unpaired) electrons. The van der Waals surface area contributed by atoms with Gasteiger partial charge in [-0.3, -0.25) is 9.48 Å². The average molecular weight is 512 g/mol. The molecule has 4 heterocycles. The fourth-order valence-electron chi connectivity index (χ4n) is 3.84. The van der Waals surface area contributed by atoms with Crippen molar-refractivity contribution in [3.05, 3.63) is 83.2 Å². The summed E-state index contributed by atoms with van der Waals surface area (Å²) in [5.74, 6) is -0.650. The lowest BCUT2D eigenvalue weighted by Crippen LogP contribution is -2.49. The van der Waals surface area contributed by atoms with Gasteiger partial charge >= 0.3 is 6.18 Å². The highest BCUT2D eigenvalue weighted by Crippen LogP contribution is 2.32. The first-order valence-electron chi connectivity index (χ1n) is 10.8. The lowest BCUT2D eigenvalue weighted by molar-refractivity contribution is -0.153. The summed E-state index contributed by atoms with van der Waals surface area (Å²) in [5.41, 5.74) is 9.43. The summed E-state index contributed by atoms with van der Waals surface area (Å²) < 4.78 is 43.6. The number of rotatable bonds is 6. The fraction of sp³-hybridized carbons (Fsp3) is 0.167. The molecule has 4 aromatic heterocycles. The van der Waals surface area contributed by atoms with Crippen molar-refractivity contribution in [2.24, 2.45) is 12.8 Å². The molecule has 0 aliphatic rings. The Hall–Kier alpha value is -4.03. The summed E-state index contributed by atoms with van der Waals surface area (Å²) >= 11 is 1.11. The van der Waals surface area contributed by atoms with Crippen LogP contribution in [0.25, 0.3) is 27.9 Å². The zero-order valence-corrected chi connectivity index (χ0v) is 19.7. The second-order valence-electron chi connectivity index (χ2n) is 8.20. The molecule has 3 N–H and O–H groups in total. The van der Waals surface area contributed by atoms with Crippen LogP contribution in [0.15, 0.2) is 72.8 Å². The van der Waals surface area contributed by atoms with Crippen molar-refractivity contribution in [2.75, 3.05) is 0 Å². The van der Waals surface area contributed by atoms with Crippen molar-refractivity contribution < 1.29 is 18.0 Å². The smallest absolute Gasteiger partial charge is 0.343 e. The van der Waals surface area contributed by atoms with E-state index in [-0.39, 0.29) is 10.4 Å². The van der Waals surface area contributed by atoms with E-state index in [1.807, 2.05) is 19.4 Å². The van der Waals surface area contributed by atoms with Gasteiger partial charge in [-0.1, -0.05) is 30.3 Å². The van der Waals surface area contributed by atoms with Gasteiger partial charge in [-0.05, 0) is 22.6 Å². The minimum Gasteiger partial charge on any atom is -0.343 e. The molecule has 0 saturated carbocycles. The molecule has 0 spiro atoms. The highest BCUT2D eigenvalue weighted by Gasteiger charge is 2.43. The molecule has 2 atom stereocenters. The summed E-state index contributed by atoms with van der Waals surface area (Å²) in [6.45, 7) is 0. The van der Waals surface area contributed by atoms with Gasteiger partial charge in [0.1, 0.15) is 6.04 Å². The zero-order valence-electron chi connectivity index (χ0n) is 18.8. The van der Waals surface area contributed by atoms with E-state index in [9.17, 15) is 18.0 Å². The van der Waals surface area contributed by atoms with E-state index in [2.05, 4.69) is 20.5 Å². The Morgan fingerprint density at radius 3 is 2.50 bits per heavy atom. The molecule has 184 valence electrons. The number of thiophene rings is 1. The minimum atomic E-state index is -4.69. The topological polar surface area (TPSA) is 103 Å². The molecule has 1 aromatic carbocycles. The van der Waals surface area contributed by atoms with Crippen molar-refractivity contribution in [3.63, 3.8) is 0 Å².